The molecule has 0 aliphatic carbocycles. The summed E-state index contributed by atoms with van der Waals surface area (Å²) in [5.74, 6) is -1.25. The van der Waals surface area contributed by atoms with Crippen LogP contribution >= 0.6 is 11.8 Å². The van der Waals surface area contributed by atoms with Gasteiger partial charge in [-0.15, -0.1) is 11.8 Å². The molecule has 0 unspecified atom stereocenters. The lowest BCUT2D eigenvalue weighted by Crippen LogP contribution is -2.07. The number of nitrogen functional groups attached to an aromatic ring is 1. The van der Waals surface area contributed by atoms with Crippen molar-refractivity contribution in [3.05, 3.63) is 23.3 Å². The van der Waals surface area contributed by atoms with E-state index in [0.29, 0.717) is 17.1 Å². The molecule has 0 fully saturated rings. The van der Waals surface area contributed by atoms with Gasteiger partial charge in [-0.25, -0.2) is 4.79 Å². The van der Waals surface area contributed by atoms with Gasteiger partial charge >= 0.3 is 11.9 Å². The number of carbonyl (C=O) groups excluding carboxylic acids is 1. The van der Waals surface area contributed by atoms with Gasteiger partial charge in [0.1, 0.15) is 0 Å². The number of hydrogen-bond donors (Lipinski definition) is 2. The molecule has 18 heavy (non-hydrogen) atoms. The van der Waals surface area contributed by atoms with Gasteiger partial charge < -0.3 is 15.6 Å². The summed E-state index contributed by atoms with van der Waals surface area (Å²) in [5.41, 5.74) is 6.67. The highest BCUT2D eigenvalue weighted by Gasteiger charge is 2.13. The Labute approximate surface area is 109 Å². The van der Waals surface area contributed by atoms with Crippen LogP contribution in [0.2, 0.25) is 0 Å². The second-order valence-corrected chi connectivity index (χ2v) is 4.65. The number of carboxylic acid groups (broad SMARTS) is 1. The van der Waals surface area contributed by atoms with Crippen LogP contribution in [0.15, 0.2) is 17.0 Å². The fourth-order valence-corrected chi connectivity index (χ4v) is 2.20. The summed E-state index contributed by atoms with van der Waals surface area (Å²) in [6, 6.07) is 3.22. The van der Waals surface area contributed by atoms with Crippen LogP contribution in [0.25, 0.3) is 0 Å². The Balaban J connectivity index is 2.84. The first kappa shape index (κ1) is 14.4. The highest BCUT2D eigenvalue weighted by Crippen LogP contribution is 2.26. The van der Waals surface area contributed by atoms with Crippen molar-refractivity contribution in [2.45, 2.75) is 18.7 Å². The molecule has 6 heteroatoms. The third kappa shape index (κ3) is 3.66. The van der Waals surface area contributed by atoms with E-state index in [9.17, 15) is 9.59 Å². The maximum atomic E-state index is 11.2. The van der Waals surface area contributed by atoms with Gasteiger partial charge in [-0.3, -0.25) is 4.79 Å². The van der Waals surface area contributed by atoms with E-state index in [2.05, 4.69) is 0 Å². The number of hydrogen-bond acceptors (Lipinski definition) is 5. The Morgan fingerprint density at radius 3 is 2.67 bits per heavy atom. The van der Waals surface area contributed by atoms with Gasteiger partial charge in [0.2, 0.25) is 0 Å². The number of benzene rings is 1. The summed E-state index contributed by atoms with van der Waals surface area (Å²) in [7, 11) is 0. The maximum Gasteiger partial charge on any atom is 0.337 e. The molecular formula is C12H15NO4S. The van der Waals surface area contributed by atoms with Crippen molar-refractivity contribution < 1.29 is 19.4 Å². The number of rotatable bonds is 5. The summed E-state index contributed by atoms with van der Waals surface area (Å²) in [6.45, 7) is 3.80. The van der Waals surface area contributed by atoms with Crippen molar-refractivity contribution in [1.29, 1.82) is 0 Å². The normalized spacial score (nSPS) is 10.1. The van der Waals surface area contributed by atoms with E-state index in [1.165, 1.54) is 17.8 Å². The minimum atomic E-state index is -1.07. The smallest absolute Gasteiger partial charge is 0.337 e. The zero-order valence-corrected chi connectivity index (χ0v) is 11.0. The molecule has 0 aliphatic rings. The minimum absolute atomic E-state index is 0.0568. The number of ether oxygens (including phenoxy) is 1. The standard InChI is InChI=1S/C12H15NO4S/c1-3-17-10(14)6-18-8-4-7(2)11(13)9(5-8)12(15)16/h4-5H,3,6,13H2,1-2H3,(H,15,16). The molecule has 0 spiro atoms. The lowest BCUT2D eigenvalue weighted by atomic mass is 10.1. The Morgan fingerprint density at radius 1 is 1.44 bits per heavy atom. The molecule has 1 aromatic carbocycles. The molecule has 0 atom stereocenters. The number of esters is 1. The second kappa shape index (κ2) is 6.30. The summed E-state index contributed by atoms with van der Waals surface area (Å²) in [4.78, 5) is 22.9. The average Bonchev–Trinajstić information content (AvgIpc) is 2.30. The van der Waals surface area contributed by atoms with Gasteiger partial charge in [0.05, 0.1) is 17.9 Å². The average molecular weight is 269 g/mol. The molecule has 0 saturated heterocycles. The minimum Gasteiger partial charge on any atom is -0.478 e. The van der Waals surface area contributed by atoms with Crippen LogP contribution in [0, 0.1) is 6.92 Å². The van der Waals surface area contributed by atoms with Crippen molar-refractivity contribution in [3.63, 3.8) is 0 Å². The quantitative estimate of drug-likeness (QED) is 0.482. The van der Waals surface area contributed by atoms with Crippen molar-refractivity contribution in [3.8, 4) is 0 Å². The van der Waals surface area contributed by atoms with E-state index in [0.717, 1.165) is 0 Å². The van der Waals surface area contributed by atoms with Crippen molar-refractivity contribution in [2.75, 3.05) is 18.1 Å². The van der Waals surface area contributed by atoms with E-state index in [1.807, 2.05) is 0 Å². The van der Waals surface area contributed by atoms with E-state index < -0.39 is 5.97 Å². The molecule has 98 valence electrons. The second-order valence-electron chi connectivity index (χ2n) is 3.60. The number of aryl methyl sites for hydroxylation is 1. The molecule has 0 saturated carbocycles. The first-order valence-electron chi connectivity index (χ1n) is 5.37. The molecule has 0 bridgehead atoms. The van der Waals surface area contributed by atoms with Crippen molar-refractivity contribution >= 4 is 29.4 Å². The van der Waals surface area contributed by atoms with Gasteiger partial charge in [0.25, 0.3) is 0 Å². The van der Waals surface area contributed by atoms with E-state index in [-0.39, 0.29) is 23.0 Å². The van der Waals surface area contributed by atoms with E-state index in [4.69, 9.17) is 15.6 Å². The van der Waals surface area contributed by atoms with E-state index in [1.54, 1.807) is 19.9 Å². The summed E-state index contributed by atoms with van der Waals surface area (Å²) in [5, 5.41) is 9.00. The van der Waals surface area contributed by atoms with Crippen LogP contribution in [-0.2, 0) is 9.53 Å². The fourth-order valence-electron chi connectivity index (χ4n) is 1.37. The van der Waals surface area contributed by atoms with Crippen LogP contribution in [-0.4, -0.2) is 29.4 Å². The number of carboxylic acids is 1. The number of nitrogens with two attached hydrogens (primary N) is 1. The Kier molecular flexibility index (Phi) is 5.03. The van der Waals surface area contributed by atoms with Crippen LogP contribution < -0.4 is 5.73 Å². The first-order valence-corrected chi connectivity index (χ1v) is 6.36. The van der Waals surface area contributed by atoms with Crippen LogP contribution in [0.5, 0.6) is 0 Å². The lowest BCUT2D eigenvalue weighted by molar-refractivity contribution is -0.139. The molecule has 0 amide bonds. The van der Waals surface area contributed by atoms with Gasteiger partial charge in [0, 0.05) is 10.6 Å². The van der Waals surface area contributed by atoms with Crippen molar-refractivity contribution in [2.24, 2.45) is 0 Å². The predicted molar refractivity (Wildman–Crippen MR) is 69.9 cm³/mol. The van der Waals surface area contributed by atoms with Crippen LogP contribution in [0.1, 0.15) is 22.8 Å². The van der Waals surface area contributed by atoms with Gasteiger partial charge in [-0.1, -0.05) is 0 Å². The number of anilines is 1. The third-order valence-corrected chi connectivity index (χ3v) is 3.20. The summed E-state index contributed by atoms with van der Waals surface area (Å²) < 4.78 is 4.79. The molecule has 0 radical (unpaired) electrons. The zero-order chi connectivity index (χ0) is 13.7. The van der Waals surface area contributed by atoms with Gasteiger partial charge in [-0.2, -0.15) is 0 Å². The van der Waals surface area contributed by atoms with Crippen molar-refractivity contribution in [1.82, 2.24) is 0 Å². The monoisotopic (exact) mass is 269 g/mol. The first-order chi connectivity index (χ1) is 8.45. The predicted octanol–water partition coefficient (Wildman–Crippen LogP) is 1.93. The molecule has 0 aliphatic heterocycles. The van der Waals surface area contributed by atoms with E-state index >= 15 is 0 Å². The Hall–Kier alpha value is -1.69. The summed E-state index contributed by atoms with van der Waals surface area (Å²) in [6.07, 6.45) is 0. The number of aromatic carboxylic acids is 1. The fraction of sp³-hybridized carbons (Fsp3) is 0.333. The Morgan fingerprint density at radius 2 is 2.11 bits per heavy atom. The third-order valence-electron chi connectivity index (χ3n) is 2.25. The molecule has 5 nitrogen and oxygen atoms in total. The molecule has 0 aromatic heterocycles. The highest BCUT2D eigenvalue weighted by atomic mass is 32.2. The van der Waals surface area contributed by atoms with Gasteiger partial charge in [-0.05, 0) is 31.5 Å². The van der Waals surface area contributed by atoms with Crippen LogP contribution in [0.4, 0.5) is 5.69 Å². The summed E-state index contributed by atoms with van der Waals surface area (Å²) >= 11 is 1.23. The maximum absolute atomic E-state index is 11.2. The SMILES string of the molecule is CCOC(=O)CSc1cc(C)c(N)c(C(=O)O)c1. The highest BCUT2D eigenvalue weighted by molar-refractivity contribution is 8.00. The van der Waals surface area contributed by atoms with Crippen LogP contribution in [0.3, 0.4) is 0 Å². The molecular weight excluding hydrogens is 254 g/mol. The molecule has 3 N–H and O–H groups in total. The Bertz CT molecular complexity index is 473. The van der Waals surface area contributed by atoms with Gasteiger partial charge in [0.15, 0.2) is 0 Å². The molecule has 0 heterocycles. The zero-order valence-electron chi connectivity index (χ0n) is 10.2. The molecule has 1 aromatic rings. The number of thioether (sulfide) groups is 1. The topological polar surface area (TPSA) is 89.6 Å². The largest absolute Gasteiger partial charge is 0.478 e. The molecule has 1 rings (SSSR count). The lowest BCUT2D eigenvalue weighted by Gasteiger charge is -2.08. The number of carbonyl (C=O) groups is 2.